The van der Waals surface area contributed by atoms with E-state index in [1.165, 1.54) is 11.3 Å². The summed E-state index contributed by atoms with van der Waals surface area (Å²) < 4.78 is 7.33. The van der Waals surface area contributed by atoms with Crippen molar-refractivity contribution in [2.45, 2.75) is 52.7 Å². The molecule has 0 saturated carbocycles. The molecule has 6 heteroatoms. The van der Waals surface area contributed by atoms with Crippen LogP contribution in [0.15, 0.2) is 6.20 Å². The van der Waals surface area contributed by atoms with Crippen LogP contribution in [0.1, 0.15) is 44.9 Å². The maximum absolute atomic E-state index is 12.0. The molecule has 130 valence electrons. The average Bonchev–Trinajstić information content (AvgIpc) is 3.03. The molecule has 23 heavy (non-hydrogen) atoms. The molecule has 1 unspecified atom stereocenters. The summed E-state index contributed by atoms with van der Waals surface area (Å²) in [6, 6.07) is 0. The summed E-state index contributed by atoms with van der Waals surface area (Å²) in [6.07, 6.45) is 3.88. The van der Waals surface area contributed by atoms with Crippen LogP contribution in [0.4, 0.5) is 4.79 Å². The number of hydrogen-bond acceptors (Lipinski definition) is 4. The highest BCUT2D eigenvalue weighted by Crippen LogP contribution is 2.21. The van der Waals surface area contributed by atoms with Crippen LogP contribution in [0, 0.1) is 12.8 Å². The van der Waals surface area contributed by atoms with Gasteiger partial charge in [0.15, 0.2) is 0 Å². The fraction of sp³-hybridized carbons (Fsp3) is 0.765. The van der Waals surface area contributed by atoms with Gasteiger partial charge in [-0.3, -0.25) is 4.68 Å². The van der Waals surface area contributed by atoms with E-state index < -0.39 is 5.60 Å². The SMILES string of the molecule is Cc1c(CNCCC2CCN(C(=O)OC(C)(C)C)C2)cnn1C. The zero-order valence-corrected chi connectivity index (χ0v) is 15.1. The van der Waals surface area contributed by atoms with E-state index in [0.717, 1.165) is 39.0 Å². The van der Waals surface area contributed by atoms with Crippen LogP contribution in [-0.2, 0) is 18.3 Å². The molecular formula is C17H30N4O2. The Morgan fingerprint density at radius 1 is 1.48 bits per heavy atom. The number of ether oxygens (including phenoxy) is 1. The summed E-state index contributed by atoms with van der Waals surface area (Å²) in [5, 5.41) is 7.73. The fourth-order valence-electron chi connectivity index (χ4n) is 2.81. The molecule has 1 aromatic rings. The molecule has 0 aromatic carbocycles. The molecule has 1 N–H and O–H groups in total. The first-order valence-corrected chi connectivity index (χ1v) is 8.42. The van der Waals surface area contributed by atoms with Gasteiger partial charge in [-0.2, -0.15) is 5.10 Å². The second-order valence-electron chi connectivity index (χ2n) is 7.43. The van der Waals surface area contributed by atoms with Crippen molar-refractivity contribution >= 4 is 6.09 Å². The number of nitrogens with one attached hydrogen (secondary N) is 1. The first kappa shape index (κ1) is 17.8. The van der Waals surface area contributed by atoms with Crippen molar-refractivity contribution in [3.8, 4) is 0 Å². The smallest absolute Gasteiger partial charge is 0.410 e. The second kappa shape index (κ2) is 7.34. The second-order valence-corrected chi connectivity index (χ2v) is 7.43. The van der Waals surface area contributed by atoms with Gasteiger partial charge in [0.25, 0.3) is 0 Å². The predicted octanol–water partition coefficient (Wildman–Crippen LogP) is 2.47. The van der Waals surface area contributed by atoms with Crippen LogP contribution in [-0.4, -0.2) is 46.0 Å². The molecule has 1 aliphatic rings. The molecule has 2 heterocycles. The highest BCUT2D eigenvalue weighted by molar-refractivity contribution is 5.68. The van der Waals surface area contributed by atoms with Crippen LogP contribution in [0.3, 0.4) is 0 Å². The number of nitrogens with zero attached hydrogens (tertiary/aromatic N) is 3. The molecule has 0 radical (unpaired) electrons. The Labute approximate surface area is 139 Å². The van der Waals surface area contributed by atoms with Crippen LogP contribution in [0.5, 0.6) is 0 Å². The maximum Gasteiger partial charge on any atom is 0.410 e. The first-order valence-electron chi connectivity index (χ1n) is 8.42. The standard InChI is InChI=1S/C17H30N4O2/c1-13-15(11-19-20(13)5)10-18-8-6-14-7-9-21(12-14)16(22)23-17(2,3)4/h11,14,18H,6-10,12H2,1-5H3. The zero-order chi connectivity index (χ0) is 17.0. The minimum Gasteiger partial charge on any atom is -0.444 e. The molecule has 1 saturated heterocycles. The van der Waals surface area contributed by atoms with Crippen LogP contribution >= 0.6 is 0 Å². The highest BCUT2D eigenvalue weighted by atomic mass is 16.6. The van der Waals surface area contributed by atoms with Gasteiger partial charge in [0.1, 0.15) is 5.60 Å². The number of aryl methyl sites for hydroxylation is 1. The lowest BCUT2D eigenvalue weighted by Gasteiger charge is -2.24. The molecular weight excluding hydrogens is 292 g/mol. The van der Waals surface area contributed by atoms with E-state index in [0.29, 0.717) is 5.92 Å². The molecule has 1 aromatic heterocycles. The third-order valence-electron chi connectivity index (χ3n) is 4.32. The molecule has 0 spiro atoms. The van der Waals surface area contributed by atoms with Gasteiger partial charge in [0.05, 0.1) is 6.20 Å². The normalized spacial score (nSPS) is 18.5. The van der Waals surface area contributed by atoms with Crippen LogP contribution in [0.25, 0.3) is 0 Å². The van der Waals surface area contributed by atoms with Crippen molar-refractivity contribution < 1.29 is 9.53 Å². The number of likely N-dealkylation sites (tertiary alicyclic amines) is 1. The Hall–Kier alpha value is -1.56. The number of amides is 1. The zero-order valence-electron chi connectivity index (χ0n) is 15.1. The first-order chi connectivity index (χ1) is 10.8. The lowest BCUT2D eigenvalue weighted by atomic mass is 10.1. The predicted molar refractivity (Wildman–Crippen MR) is 90.2 cm³/mol. The summed E-state index contributed by atoms with van der Waals surface area (Å²) in [6.45, 7) is 11.2. The van der Waals surface area contributed by atoms with E-state index in [2.05, 4.69) is 17.3 Å². The van der Waals surface area contributed by atoms with E-state index >= 15 is 0 Å². The van der Waals surface area contributed by atoms with Crippen LogP contribution in [0.2, 0.25) is 0 Å². The molecule has 1 atom stereocenters. The van der Waals surface area contributed by atoms with Gasteiger partial charge in [0, 0.05) is 37.9 Å². The van der Waals surface area contributed by atoms with E-state index in [1.807, 2.05) is 43.6 Å². The fourth-order valence-corrected chi connectivity index (χ4v) is 2.81. The monoisotopic (exact) mass is 322 g/mol. The lowest BCUT2D eigenvalue weighted by molar-refractivity contribution is 0.0287. The summed E-state index contributed by atoms with van der Waals surface area (Å²) in [5.41, 5.74) is 2.03. The van der Waals surface area contributed by atoms with Crippen molar-refractivity contribution in [2.75, 3.05) is 19.6 Å². The van der Waals surface area contributed by atoms with Gasteiger partial charge in [-0.25, -0.2) is 4.79 Å². The van der Waals surface area contributed by atoms with E-state index in [4.69, 9.17) is 4.74 Å². The van der Waals surface area contributed by atoms with Crippen molar-refractivity contribution in [2.24, 2.45) is 13.0 Å². The summed E-state index contributed by atoms with van der Waals surface area (Å²) >= 11 is 0. The third-order valence-corrected chi connectivity index (χ3v) is 4.32. The summed E-state index contributed by atoms with van der Waals surface area (Å²) in [7, 11) is 1.96. The van der Waals surface area contributed by atoms with Gasteiger partial charge >= 0.3 is 6.09 Å². The van der Waals surface area contributed by atoms with E-state index in [-0.39, 0.29) is 6.09 Å². The van der Waals surface area contributed by atoms with Gasteiger partial charge in [0.2, 0.25) is 0 Å². The summed E-state index contributed by atoms with van der Waals surface area (Å²) in [5.74, 6) is 0.560. The minimum atomic E-state index is -0.418. The quantitative estimate of drug-likeness (QED) is 0.846. The number of carbonyl (C=O) groups excluding carboxylic acids is 1. The van der Waals surface area contributed by atoms with Gasteiger partial charge in [-0.05, 0) is 53.0 Å². The highest BCUT2D eigenvalue weighted by Gasteiger charge is 2.29. The Morgan fingerprint density at radius 3 is 2.83 bits per heavy atom. The Balaban J connectivity index is 1.66. The number of aromatic nitrogens is 2. The average molecular weight is 322 g/mol. The van der Waals surface area contributed by atoms with Gasteiger partial charge in [-0.1, -0.05) is 0 Å². The van der Waals surface area contributed by atoms with Gasteiger partial charge < -0.3 is 15.0 Å². The Kier molecular flexibility index (Phi) is 5.68. The van der Waals surface area contributed by atoms with Crippen molar-refractivity contribution in [1.29, 1.82) is 0 Å². The lowest BCUT2D eigenvalue weighted by Crippen LogP contribution is -2.35. The largest absolute Gasteiger partial charge is 0.444 e. The summed E-state index contributed by atoms with van der Waals surface area (Å²) in [4.78, 5) is 13.9. The molecule has 0 bridgehead atoms. The molecule has 1 amide bonds. The molecule has 1 fully saturated rings. The van der Waals surface area contributed by atoms with Crippen molar-refractivity contribution in [3.05, 3.63) is 17.5 Å². The number of hydrogen-bond donors (Lipinski definition) is 1. The van der Waals surface area contributed by atoms with Crippen molar-refractivity contribution in [1.82, 2.24) is 20.0 Å². The van der Waals surface area contributed by atoms with Crippen LogP contribution < -0.4 is 5.32 Å². The molecule has 1 aliphatic heterocycles. The Morgan fingerprint density at radius 2 is 2.22 bits per heavy atom. The Bertz CT molecular complexity index is 533. The van der Waals surface area contributed by atoms with E-state index in [1.54, 1.807) is 0 Å². The van der Waals surface area contributed by atoms with Gasteiger partial charge in [-0.15, -0.1) is 0 Å². The topological polar surface area (TPSA) is 59.4 Å². The minimum absolute atomic E-state index is 0.182. The molecule has 2 rings (SSSR count). The number of rotatable bonds is 5. The van der Waals surface area contributed by atoms with Crippen molar-refractivity contribution in [3.63, 3.8) is 0 Å². The maximum atomic E-state index is 12.0. The number of carbonyl (C=O) groups is 1. The van der Waals surface area contributed by atoms with E-state index in [9.17, 15) is 4.79 Å². The third kappa shape index (κ3) is 5.23. The molecule has 6 nitrogen and oxygen atoms in total. The molecule has 0 aliphatic carbocycles.